The summed E-state index contributed by atoms with van der Waals surface area (Å²) in [4.78, 5) is 11.3. The van der Waals surface area contributed by atoms with Gasteiger partial charge in [-0.2, -0.15) is 0 Å². The Morgan fingerprint density at radius 1 is 1.43 bits per heavy atom. The van der Waals surface area contributed by atoms with Crippen LogP contribution in [-0.4, -0.2) is 24.3 Å². The van der Waals surface area contributed by atoms with Crippen molar-refractivity contribution in [2.75, 3.05) is 7.11 Å². The molecule has 0 aromatic carbocycles. The van der Waals surface area contributed by atoms with E-state index in [1.807, 2.05) is 13.8 Å². The Labute approximate surface area is 86.5 Å². The molecule has 0 aromatic rings. The maximum absolute atomic E-state index is 11.3. The van der Waals surface area contributed by atoms with Gasteiger partial charge in [-0.15, -0.1) is 0 Å². The Morgan fingerprint density at radius 2 is 2.00 bits per heavy atom. The fourth-order valence-corrected chi connectivity index (χ4v) is 1.72. The van der Waals surface area contributed by atoms with Crippen LogP contribution < -0.4 is 0 Å². The summed E-state index contributed by atoms with van der Waals surface area (Å²) in [5.74, 6) is -0.520. The second kappa shape index (κ2) is 6.82. The van der Waals surface area contributed by atoms with Gasteiger partial charge in [-0.25, -0.2) is 0 Å². The van der Waals surface area contributed by atoms with Gasteiger partial charge in [0, 0.05) is 0 Å². The lowest BCUT2D eigenvalue weighted by Gasteiger charge is -2.24. The van der Waals surface area contributed by atoms with E-state index in [9.17, 15) is 9.90 Å². The van der Waals surface area contributed by atoms with Gasteiger partial charge >= 0.3 is 5.97 Å². The minimum absolute atomic E-state index is 0.157. The Bertz CT molecular complexity index is 168. The first kappa shape index (κ1) is 13.4. The molecule has 14 heavy (non-hydrogen) atoms. The van der Waals surface area contributed by atoms with Gasteiger partial charge in [0.25, 0.3) is 0 Å². The van der Waals surface area contributed by atoms with Crippen LogP contribution in [0.2, 0.25) is 0 Å². The third-order valence-electron chi connectivity index (χ3n) is 2.68. The number of rotatable bonds is 6. The molecule has 0 rings (SSSR count). The molecule has 3 heteroatoms. The Hall–Kier alpha value is -0.570. The third-order valence-corrected chi connectivity index (χ3v) is 2.68. The quantitative estimate of drug-likeness (QED) is 0.670. The van der Waals surface area contributed by atoms with E-state index in [1.165, 1.54) is 7.11 Å². The highest BCUT2D eigenvalue weighted by atomic mass is 16.5. The van der Waals surface area contributed by atoms with E-state index in [0.29, 0.717) is 6.42 Å². The largest absolute Gasteiger partial charge is 0.469 e. The topological polar surface area (TPSA) is 46.5 Å². The van der Waals surface area contributed by atoms with E-state index < -0.39 is 6.10 Å². The van der Waals surface area contributed by atoms with Crippen LogP contribution in [0.4, 0.5) is 0 Å². The van der Waals surface area contributed by atoms with Crippen LogP contribution in [0.5, 0.6) is 0 Å². The summed E-state index contributed by atoms with van der Waals surface area (Å²) in [6, 6.07) is 0. The van der Waals surface area contributed by atoms with Crippen LogP contribution in [0, 0.1) is 11.8 Å². The van der Waals surface area contributed by atoms with Gasteiger partial charge in [-0.3, -0.25) is 4.79 Å². The monoisotopic (exact) mass is 202 g/mol. The molecule has 0 radical (unpaired) electrons. The fraction of sp³-hybridized carbons (Fsp3) is 0.909. The van der Waals surface area contributed by atoms with Gasteiger partial charge < -0.3 is 9.84 Å². The Balaban J connectivity index is 4.29. The molecule has 3 nitrogen and oxygen atoms in total. The molecule has 0 amide bonds. The molecule has 0 saturated heterocycles. The number of ether oxygens (including phenoxy) is 1. The Kier molecular flexibility index (Phi) is 6.54. The molecular formula is C11H22O3. The third kappa shape index (κ3) is 3.66. The minimum Gasteiger partial charge on any atom is -0.469 e. The molecule has 0 aromatic heterocycles. The van der Waals surface area contributed by atoms with E-state index >= 15 is 0 Å². The Morgan fingerprint density at radius 3 is 2.36 bits per heavy atom. The zero-order valence-corrected chi connectivity index (χ0v) is 9.62. The number of esters is 1. The second-order valence-corrected chi connectivity index (χ2v) is 3.79. The van der Waals surface area contributed by atoms with Gasteiger partial charge in [0.15, 0.2) is 0 Å². The van der Waals surface area contributed by atoms with Crippen LogP contribution in [0.15, 0.2) is 0 Å². The van der Waals surface area contributed by atoms with Crippen molar-refractivity contribution in [3.8, 4) is 0 Å². The molecule has 0 bridgehead atoms. The summed E-state index contributed by atoms with van der Waals surface area (Å²) in [6.45, 7) is 5.94. The van der Waals surface area contributed by atoms with Gasteiger partial charge in [0.2, 0.25) is 0 Å². The summed E-state index contributed by atoms with van der Waals surface area (Å²) < 4.78 is 4.65. The maximum Gasteiger partial charge on any atom is 0.311 e. The van der Waals surface area contributed by atoms with Crippen molar-refractivity contribution in [1.29, 1.82) is 0 Å². The van der Waals surface area contributed by atoms with E-state index in [4.69, 9.17) is 0 Å². The zero-order chi connectivity index (χ0) is 11.1. The molecule has 84 valence electrons. The van der Waals surface area contributed by atoms with Crippen molar-refractivity contribution < 1.29 is 14.6 Å². The molecule has 0 aliphatic rings. The van der Waals surface area contributed by atoms with Crippen molar-refractivity contribution in [2.45, 2.75) is 46.1 Å². The highest BCUT2D eigenvalue weighted by Gasteiger charge is 2.29. The first-order valence-corrected chi connectivity index (χ1v) is 5.34. The lowest BCUT2D eigenvalue weighted by atomic mass is 9.87. The number of aliphatic hydroxyl groups is 1. The van der Waals surface area contributed by atoms with Gasteiger partial charge in [0.1, 0.15) is 0 Å². The lowest BCUT2D eigenvalue weighted by Crippen LogP contribution is -2.33. The summed E-state index contributed by atoms with van der Waals surface area (Å²) in [6.07, 6.45) is 2.01. The molecule has 0 spiro atoms. The molecule has 0 heterocycles. The van der Waals surface area contributed by atoms with Gasteiger partial charge in [-0.05, 0) is 18.8 Å². The molecule has 0 saturated carbocycles. The van der Waals surface area contributed by atoms with E-state index in [-0.39, 0.29) is 17.8 Å². The summed E-state index contributed by atoms with van der Waals surface area (Å²) >= 11 is 0. The normalized spacial score (nSPS) is 17.2. The van der Waals surface area contributed by atoms with Crippen molar-refractivity contribution in [3.63, 3.8) is 0 Å². The van der Waals surface area contributed by atoms with Gasteiger partial charge in [-0.1, -0.05) is 27.2 Å². The first-order chi connectivity index (χ1) is 6.58. The highest BCUT2D eigenvalue weighted by Crippen LogP contribution is 2.21. The van der Waals surface area contributed by atoms with Crippen molar-refractivity contribution in [2.24, 2.45) is 11.8 Å². The van der Waals surface area contributed by atoms with Crippen LogP contribution in [0.1, 0.15) is 40.0 Å². The van der Waals surface area contributed by atoms with E-state index in [0.717, 1.165) is 12.8 Å². The average Bonchev–Trinajstić information content (AvgIpc) is 2.18. The molecular weight excluding hydrogens is 180 g/mol. The van der Waals surface area contributed by atoms with Gasteiger partial charge in [0.05, 0.1) is 19.1 Å². The van der Waals surface area contributed by atoms with Crippen LogP contribution in [0.25, 0.3) is 0 Å². The molecule has 0 fully saturated rings. The van der Waals surface area contributed by atoms with Crippen molar-refractivity contribution in [3.05, 3.63) is 0 Å². The van der Waals surface area contributed by atoms with Crippen LogP contribution in [0.3, 0.4) is 0 Å². The number of hydrogen-bond donors (Lipinski definition) is 1. The molecule has 0 aliphatic carbocycles. The number of carbonyl (C=O) groups is 1. The summed E-state index contributed by atoms with van der Waals surface area (Å²) in [5.41, 5.74) is 0. The smallest absolute Gasteiger partial charge is 0.311 e. The molecule has 0 aliphatic heterocycles. The van der Waals surface area contributed by atoms with E-state index in [2.05, 4.69) is 11.7 Å². The summed E-state index contributed by atoms with van der Waals surface area (Å²) in [5, 5.41) is 9.91. The van der Waals surface area contributed by atoms with Crippen LogP contribution >= 0.6 is 0 Å². The zero-order valence-electron chi connectivity index (χ0n) is 9.62. The van der Waals surface area contributed by atoms with Crippen molar-refractivity contribution >= 4 is 5.97 Å². The highest BCUT2D eigenvalue weighted by molar-refractivity contribution is 5.72. The number of hydrogen-bond acceptors (Lipinski definition) is 3. The van der Waals surface area contributed by atoms with Crippen LogP contribution in [-0.2, 0) is 9.53 Å². The maximum atomic E-state index is 11.3. The fourth-order valence-electron chi connectivity index (χ4n) is 1.72. The van der Waals surface area contributed by atoms with Crippen molar-refractivity contribution in [1.82, 2.24) is 0 Å². The minimum atomic E-state index is -0.576. The molecule has 3 unspecified atom stereocenters. The second-order valence-electron chi connectivity index (χ2n) is 3.79. The average molecular weight is 202 g/mol. The SMILES string of the molecule is CCCC(C)C(O)C(CC)C(=O)OC. The number of carbonyl (C=O) groups excluding carboxylic acids is 1. The van der Waals surface area contributed by atoms with E-state index in [1.54, 1.807) is 0 Å². The lowest BCUT2D eigenvalue weighted by molar-refractivity contribution is -0.151. The number of methoxy groups -OCH3 is 1. The standard InChI is InChI=1S/C11H22O3/c1-5-7-8(3)10(12)9(6-2)11(13)14-4/h8-10,12H,5-7H2,1-4H3. The predicted octanol–water partition coefficient (Wildman–Crippen LogP) is 1.98. The number of aliphatic hydroxyl groups excluding tert-OH is 1. The predicted molar refractivity (Wildman–Crippen MR) is 55.9 cm³/mol. The molecule has 1 N–H and O–H groups in total. The first-order valence-electron chi connectivity index (χ1n) is 5.34. The molecule has 3 atom stereocenters. The summed E-state index contributed by atoms with van der Waals surface area (Å²) in [7, 11) is 1.36.